The SMILES string of the molecule is O=c1oc(-c2ccco2)nn1Cc1c(F)cccc1[N+](=O)[O-]. The highest BCUT2D eigenvalue weighted by Crippen LogP contribution is 2.22. The number of nitro groups is 1. The number of nitrogens with zero attached hydrogens (tertiary/aromatic N) is 3. The number of nitro benzene ring substituents is 1. The maximum Gasteiger partial charge on any atom is 0.437 e. The zero-order chi connectivity index (χ0) is 15.7. The zero-order valence-corrected chi connectivity index (χ0v) is 10.9. The van der Waals surface area contributed by atoms with Gasteiger partial charge in [-0.3, -0.25) is 10.1 Å². The molecule has 0 bridgehead atoms. The summed E-state index contributed by atoms with van der Waals surface area (Å²) in [5.41, 5.74) is -0.691. The van der Waals surface area contributed by atoms with E-state index in [-0.39, 0.29) is 17.2 Å². The van der Waals surface area contributed by atoms with E-state index in [4.69, 9.17) is 8.83 Å². The third-order valence-electron chi connectivity index (χ3n) is 2.94. The summed E-state index contributed by atoms with van der Waals surface area (Å²) in [6.45, 7) is -0.425. The molecule has 1 aromatic carbocycles. The van der Waals surface area contributed by atoms with E-state index in [9.17, 15) is 19.3 Å². The van der Waals surface area contributed by atoms with Crippen molar-refractivity contribution in [3.8, 4) is 11.7 Å². The van der Waals surface area contributed by atoms with Crippen LogP contribution in [0, 0.1) is 15.9 Å². The molecule has 0 saturated heterocycles. The fraction of sp³-hybridized carbons (Fsp3) is 0.0769. The summed E-state index contributed by atoms with van der Waals surface area (Å²) in [5.74, 6) is -1.54. The lowest BCUT2D eigenvalue weighted by Crippen LogP contribution is -2.18. The Morgan fingerprint density at radius 3 is 2.82 bits per heavy atom. The lowest BCUT2D eigenvalue weighted by atomic mass is 10.1. The topological polar surface area (TPSA) is 104 Å². The average molecular weight is 305 g/mol. The first-order valence-electron chi connectivity index (χ1n) is 6.10. The molecule has 3 aromatic rings. The van der Waals surface area contributed by atoms with Gasteiger partial charge in [0.15, 0.2) is 5.76 Å². The van der Waals surface area contributed by atoms with Crippen molar-refractivity contribution in [3.05, 3.63) is 68.6 Å². The molecule has 0 saturated carbocycles. The molecule has 0 aliphatic rings. The van der Waals surface area contributed by atoms with Gasteiger partial charge in [0.1, 0.15) is 5.82 Å². The molecule has 9 heteroatoms. The molecule has 0 N–H and O–H groups in total. The summed E-state index contributed by atoms with van der Waals surface area (Å²) in [5, 5.41) is 14.8. The van der Waals surface area contributed by atoms with Gasteiger partial charge in [0.2, 0.25) is 0 Å². The van der Waals surface area contributed by atoms with Gasteiger partial charge in [0, 0.05) is 6.07 Å². The van der Waals surface area contributed by atoms with Crippen molar-refractivity contribution >= 4 is 5.69 Å². The summed E-state index contributed by atoms with van der Waals surface area (Å²) in [6, 6.07) is 6.55. The van der Waals surface area contributed by atoms with Crippen LogP contribution in [0.2, 0.25) is 0 Å². The lowest BCUT2D eigenvalue weighted by Gasteiger charge is -2.02. The van der Waals surface area contributed by atoms with Crippen molar-refractivity contribution in [3.63, 3.8) is 0 Å². The number of hydrogen-bond acceptors (Lipinski definition) is 6. The summed E-state index contributed by atoms with van der Waals surface area (Å²) in [4.78, 5) is 21.9. The Balaban J connectivity index is 2.01. The smallest absolute Gasteiger partial charge is 0.437 e. The second-order valence-electron chi connectivity index (χ2n) is 4.30. The van der Waals surface area contributed by atoms with Crippen LogP contribution < -0.4 is 5.76 Å². The maximum atomic E-state index is 13.8. The Morgan fingerprint density at radius 2 is 2.14 bits per heavy atom. The molecule has 0 radical (unpaired) electrons. The molecule has 2 aromatic heterocycles. The molecule has 22 heavy (non-hydrogen) atoms. The summed E-state index contributed by atoms with van der Waals surface area (Å²) in [6.07, 6.45) is 1.37. The number of halogens is 1. The molecule has 3 rings (SSSR count). The van der Waals surface area contributed by atoms with Crippen LogP contribution in [0.25, 0.3) is 11.7 Å². The normalized spacial score (nSPS) is 10.8. The minimum atomic E-state index is -0.871. The first kappa shape index (κ1) is 13.7. The van der Waals surface area contributed by atoms with Crippen LogP contribution in [-0.4, -0.2) is 14.7 Å². The van der Waals surface area contributed by atoms with Gasteiger partial charge in [-0.1, -0.05) is 6.07 Å². The van der Waals surface area contributed by atoms with Crippen molar-refractivity contribution in [2.24, 2.45) is 0 Å². The standard InChI is InChI=1S/C13H8FN3O5/c14-9-3-1-4-10(17(19)20)8(9)7-16-13(18)22-12(15-16)11-5-2-6-21-11/h1-6H,7H2. The minimum absolute atomic E-state index is 0.0889. The van der Waals surface area contributed by atoms with Crippen LogP contribution in [-0.2, 0) is 6.54 Å². The molecule has 0 aliphatic carbocycles. The Labute approximate surface area is 121 Å². The van der Waals surface area contributed by atoms with Gasteiger partial charge in [-0.15, -0.1) is 5.10 Å². The number of hydrogen-bond donors (Lipinski definition) is 0. The lowest BCUT2D eigenvalue weighted by molar-refractivity contribution is -0.385. The van der Waals surface area contributed by atoms with Gasteiger partial charge in [0.25, 0.3) is 11.6 Å². The van der Waals surface area contributed by atoms with Crippen LogP contribution in [0.1, 0.15) is 5.56 Å². The predicted molar refractivity (Wildman–Crippen MR) is 70.6 cm³/mol. The molecule has 2 heterocycles. The van der Waals surface area contributed by atoms with E-state index in [1.807, 2.05) is 0 Å². The van der Waals surface area contributed by atoms with Crippen molar-refractivity contribution in [1.82, 2.24) is 9.78 Å². The highest BCUT2D eigenvalue weighted by Gasteiger charge is 2.21. The summed E-state index contributed by atoms with van der Waals surface area (Å²) in [7, 11) is 0. The summed E-state index contributed by atoms with van der Waals surface area (Å²) < 4.78 is 24.5. The first-order chi connectivity index (χ1) is 10.6. The molecule has 0 spiro atoms. The number of benzene rings is 1. The van der Waals surface area contributed by atoms with E-state index in [1.54, 1.807) is 6.07 Å². The Kier molecular flexibility index (Phi) is 3.30. The van der Waals surface area contributed by atoms with Crippen LogP contribution in [0.15, 0.2) is 50.2 Å². The Hall–Kier alpha value is -3.23. The van der Waals surface area contributed by atoms with Crippen LogP contribution in [0.4, 0.5) is 10.1 Å². The third-order valence-corrected chi connectivity index (χ3v) is 2.94. The molecule has 0 aliphatic heterocycles. The Morgan fingerprint density at radius 1 is 1.32 bits per heavy atom. The van der Waals surface area contributed by atoms with E-state index in [0.717, 1.165) is 16.8 Å². The van der Waals surface area contributed by atoms with Gasteiger partial charge >= 0.3 is 5.76 Å². The zero-order valence-electron chi connectivity index (χ0n) is 10.9. The molecule has 0 unspecified atom stereocenters. The van der Waals surface area contributed by atoms with Gasteiger partial charge in [-0.05, 0) is 18.2 Å². The monoisotopic (exact) mass is 305 g/mol. The number of aromatic nitrogens is 2. The molecular formula is C13H8FN3O5. The minimum Gasteiger partial charge on any atom is -0.459 e. The van der Waals surface area contributed by atoms with Crippen molar-refractivity contribution in [2.75, 3.05) is 0 Å². The maximum absolute atomic E-state index is 13.8. The highest BCUT2D eigenvalue weighted by molar-refractivity contribution is 5.43. The predicted octanol–water partition coefficient (Wildman–Crippen LogP) is 2.19. The molecule has 112 valence electrons. The van der Waals surface area contributed by atoms with Crippen molar-refractivity contribution in [1.29, 1.82) is 0 Å². The Bertz CT molecular complexity index is 881. The van der Waals surface area contributed by atoms with E-state index in [1.165, 1.54) is 18.4 Å². The van der Waals surface area contributed by atoms with Crippen LogP contribution >= 0.6 is 0 Å². The second kappa shape index (κ2) is 5.28. The van der Waals surface area contributed by atoms with Crippen LogP contribution in [0.3, 0.4) is 0 Å². The van der Waals surface area contributed by atoms with E-state index in [0.29, 0.717) is 0 Å². The highest BCUT2D eigenvalue weighted by atomic mass is 19.1. The molecule has 0 fully saturated rings. The van der Waals surface area contributed by atoms with Gasteiger partial charge in [0.05, 0.1) is 23.3 Å². The first-order valence-corrected chi connectivity index (χ1v) is 6.10. The quantitative estimate of drug-likeness (QED) is 0.540. The van der Waals surface area contributed by atoms with Crippen molar-refractivity contribution in [2.45, 2.75) is 6.54 Å². The molecule has 0 amide bonds. The molecule has 0 atom stereocenters. The fourth-order valence-corrected chi connectivity index (χ4v) is 1.93. The summed E-state index contributed by atoms with van der Waals surface area (Å²) >= 11 is 0. The fourth-order valence-electron chi connectivity index (χ4n) is 1.93. The molecular weight excluding hydrogens is 297 g/mol. The van der Waals surface area contributed by atoms with Gasteiger partial charge in [-0.25, -0.2) is 9.18 Å². The average Bonchev–Trinajstić information content (AvgIpc) is 3.11. The van der Waals surface area contributed by atoms with Crippen molar-refractivity contribution < 1.29 is 18.1 Å². The third kappa shape index (κ3) is 2.39. The van der Waals surface area contributed by atoms with Crippen LogP contribution in [0.5, 0.6) is 0 Å². The largest absolute Gasteiger partial charge is 0.459 e. The van der Waals surface area contributed by atoms with Gasteiger partial charge in [-0.2, -0.15) is 4.68 Å². The van der Waals surface area contributed by atoms with E-state index < -0.39 is 28.7 Å². The number of rotatable bonds is 4. The molecule has 8 nitrogen and oxygen atoms in total. The van der Waals surface area contributed by atoms with E-state index in [2.05, 4.69) is 5.10 Å². The number of furan rings is 1. The van der Waals surface area contributed by atoms with Gasteiger partial charge < -0.3 is 8.83 Å². The van der Waals surface area contributed by atoms with E-state index >= 15 is 0 Å². The second-order valence-corrected chi connectivity index (χ2v) is 4.30.